The van der Waals surface area contributed by atoms with Gasteiger partial charge >= 0.3 is 21.1 Å². The molecular weight excluding hydrogens is 591 g/mol. The Balaban J connectivity index is 0.00000306. The molecule has 168 valence electrons. The predicted molar refractivity (Wildman–Crippen MR) is 130 cm³/mol. The van der Waals surface area contributed by atoms with E-state index in [0.717, 1.165) is 22.2 Å². The Morgan fingerprint density at radius 1 is 1.06 bits per heavy atom. The van der Waals surface area contributed by atoms with Crippen LogP contribution in [0.15, 0.2) is 84.3 Å². The zero-order valence-corrected chi connectivity index (χ0v) is 20.9. The summed E-state index contributed by atoms with van der Waals surface area (Å²) in [5.74, 6) is 0.584. The molecule has 0 bridgehead atoms. The van der Waals surface area contributed by atoms with Crippen molar-refractivity contribution in [3.63, 3.8) is 0 Å². The number of aromatic nitrogens is 2. The van der Waals surface area contributed by atoms with Crippen molar-refractivity contribution in [3.05, 3.63) is 90.9 Å². The molecule has 0 fully saturated rings. The van der Waals surface area contributed by atoms with Crippen LogP contribution in [0.5, 0.6) is 5.75 Å². The third-order valence-electron chi connectivity index (χ3n) is 5.08. The van der Waals surface area contributed by atoms with E-state index in [1.54, 1.807) is 35.6 Å². The maximum atomic E-state index is 10.2. The van der Waals surface area contributed by atoms with E-state index in [1.807, 2.05) is 37.3 Å². The zero-order chi connectivity index (χ0) is 22.5. The van der Waals surface area contributed by atoms with Crippen molar-refractivity contribution in [2.45, 2.75) is 26.7 Å². The molecule has 1 aromatic heterocycles. The molecule has 0 saturated heterocycles. The number of nitrogens with zero attached hydrogens (tertiary/aromatic N) is 4. The van der Waals surface area contributed by atoms with Gasteiger partial charge in [0.1, 0.15) is 6.33 Å². The molecule has 4 rings (SSSR count). The van der Waals surface area contributed by atoms with Crippen LogP contribution in [0.3, 0.4) is 0 Å². The van der Waals surface area contributed by atoms with Gasteiger partial charge in [-0.15, -0.1) is 17.7 Å². The molecule has 4 aromatic rings. The molecule has 0 saturated carbocycles. The summed E-state index contributed by atoms with van der Waals surface area (Å²) in [4.78, 5) is 15.1. The quantitative estimate of drug-likeness (QED) is 0.117. The number of benzene rings is 3. The molecule has 1 N–H and O–H groups in total. The summed E-state index contributed by atoms with van der Waals surface area (Å²) in [5.41, 5.74) is 5.00. The zero-order valence-electron chi connectivity index (χ0n) is 18.6. The number of rotatable bonds is 6. The van der Waals surface area contributed by atoms with Gasteiger partial charge in [-0.2, -0.15) is 18.2 Å². The molecule has 0 atom stereocenters. The Kier molecular flexibility index (Phi) is 8.13. The van der Waals surface area contributed by atoms with E-state index in [1.165, 1.54) is 5.56 Å². The Morgan fingerprint density at radius 3 is 2.64 bits per heavy atom. The molecule has 1 heterocycles. The maximum absolute atomic E-state index is 10.2. The van der Waals surface area contributed by atoms with Gasteiger partial charge in [-0.1, -0.05) is 63.0 Å². The number of aromatic hydroxyl groups is 1. The van der Waals surface area contributed by atoms with E-state index in [-0.39, 0.29) is 26.8 Å². The van der Waals surface area contributed by atoms with Crippen LogP contribution in [0.4, 0.5) is 11.4 Å². The minimum atomic E-state index is 0. The van der Waals surface area contributed by atoms with Gasteiger partial charge in [0.25, 0.3) is 0 Å². The fraction of sp³-hybridized carbons (Fsp3) is 0.148. The molecule has 0 aliphatic heterocycles. The van der Waals surface area contributed by atoms with Gasteiger partial charge in [-0.25, -0.2) is 4.98 Å². The van der Waals surface area contributed by atoms with Crippen LogP contribution in [0, 0.1) is 6.07 Å². The number of hydrogen-bond acceptors (Lipinski definition) is 4. The van der Waals surface area contributed by atoms with Gasteiger partial charge in [0, 0.05) is 12.0 Å². The number of allylic oxidation sites excluding steroid dienone is 1. The van der Waals surface area contributed by atoms with E-state index < -0.39 is 0 Å². The molecule has 0 aliphatic carbocycles. The Hall–Kier alpha value is -3.30. The van der Waals surface area contributed by atoms with E-state index in [2.05, 4.69) is 59.4 Å². The third kappa shape index (κ3) is 5.55. The summed E-state index contributed by atoms with van der Waals surface area (Å²) in [6.07, 6.45) is 8.20. The van der Waals surface area contributed by atoms with Crippen LogP contribution in [-0.4, -0.2) is 21.4 Å². The second-order valence-corrected chi connectivity index (χ2v) is 7.66. The van der Waals surface area contributed by atoms with Crippen molar-refractivity contribution in [1.82, 2.24) is 9.97 Å². The van der Waals surface area contributed by atoms with Crippen molar-refractivity contribution in [2.75, 3.05) is 4.90 Å². The van der Waals surface area contributed by atoms with Gasteiger partial charge in [-0.3, -0.25) is 4.98 Å². The number of phenolic OH excluding ortho intramolecular Hbond substituents is 1. The van der Waals surface area contributed by atoms with E-state index in [0.29, 0.717) is 17.3 Å². The first-order chi connectivity index (χ1) is 15.6. The van der Waals surface area contributed by atoms with Crippen molar-refractivity contribution >= 4 is 28.6 Å². The van der Waals surface area contributed by atoms with Gasteiger partial charge < -0.3 is 15.0 Å². The fourth-order valence-electron chi connectivity index (χ4n) is 3.40. The molecule has 0 unspecified atom stereocenters. The monoisotopic (exact) mass is 615 g/mol. The normalized spacial score (nSPS) is 11.4. The van der Waals surface area contributed by atoms with E-state index >= 15 is 0 Å². The van der Waals surface area contributed by atoms with Gasteiger partial charge in [0.2, 0.25) is 0 Å². The average Bonchev–Trinajstić information content (AvgIpc) is 2.81. The summed E-state index contributed by atoms with van der Waals surface area (Å²) < 4.78 is 0. The Labute approximate surface area is 208 Å². The SMILES string of the molecule is C/C=C\N([C-]=Nc1[c-]c(-c2ncnc3cc(C(C)C)ccc23)ccc1)c1ccccc1O.[Pt+2]. The number of aliphatic imine (C=N–C) groups is 1. The molecule has 6 heteroatoms. The maximum Gasteiger partial charge on any atom is 2.00 e. The Bertz CT molecular complexity index is 1300. The van der Waals surface area contributed by atoms with Crippen LogP contribution in [-0.2, 0) is 21.1 Å². The van der Waals surface area contributed by atoms with Gasteiger partial charge in [0.15, 0.2) is 0 Å². The second-order valence-electron chi connectivity index (χ2n) is 7.66. The number of phenols is 1. The van der Waals surface area contributed by atoms with Crippen LogP contribution in [0.1, 0.15) is 32.3 Å². The number of para-hydroxylation sites is 2. The van der Waals surface area contributed by atoms with E-state index in [4.69, 9.17) is 0 Å². The van der Waals surface area contributed by atoms with E-state index in [9.17, 15) is 5.11 Å². The average molecular weight is 616 g/mol. The fourth-order valence-corrected chi connectivity index (χ4v) is 3.40. The minimum absolute atomic E-state index is 0. The summed E-state index contributed by atoms with van der Waals surface area (Å²) in [6.45, 7) is 6.23. The van der Waals surface area contributed by atoms with Gasteiger partial charge in [-0.05, 0) is 34.7 Å². The molecule has 0 amide bonds. The number of hydrogen-bond donors (Lipinski definition) is 1. The van der Waals surface area contributed by atoms with Crippen molar-refractivity contribution in [2.24, 2.45) is 4.99 Å². The van der Waals surface area contributed by atoms with Gasteiger partial charge in [0.05, 0.1) is 11.3 Å². The smallest absolute Gasteiger partial charge is 0.516 e. The molecule has 5 nitrogen and oxygen atoms in total. The van der Waals surface area contributed by atoms with Crippen LogP contribution in [0.25, 0.3) is 22.2 Å². The summed E-state index contributed by atoms with van der Waals surface area (Å²) in [5, 5.41) is 11.1. The first-order valence-electron chi connectivity index (χ1n) is 10.5. The standard InChI is InChI=1S/C27H24N4O.Pt/c1-4-14-31(25-10-5-6-11-26(25)32)18-30-22-9-7-8-21(15-22)27-23-13-12-20(19(2)3)16-24(23)28-17-29-27;/h4-14,16-17,19,32H,1-3H3;/q-2;+2/b14-4-;. The van der Waals surface area contributed by atoms with Crippen LogP contribution >= 0.6 is 0 Å². The van der Waals surface area contributed by atoms with Crippen molar-refractivity contribution in [3.8, 4) is 17.0 Å². The Morgan fingerprint density at radius 2 is 1.88 bits per heavy atom. The summed E-state index contributed by atoms with van der Waals surface area (Å²) in [6, 6.07) is 22.4. The van der Waals surface area contributed by atoms with Crippen LogP contribution in [0.2, 0.25) is 0 Å². The first-order valence-corrected chi connectivity index (χ1v) is 10.5. The summed E-state index contributed by atoms with van der Waals surface area (Å²) >= 11 is 0. The molecule has 33 heavy (non-hydrogen) atoms. The first kappa shape index (κ1) is 24.3. The minimum Gasteiger partial charge on any atom is -0.516 e. The third-order valence-corrected chi connectivity index (χ3v) is 5.08. The number of fused-ring (bicyclic) bond motifs is 1. The summed E-state index contributed by atoms with van der Waals surface area (Å²) in [7, 11) is 0. The number of anilines is 1. The molecular formula is C27H24N4OPt. The largest absolute Gasteiger partial charge is 2.00 e. The molecule has 0 aliphatic rings. The van der Waals surface area contributed by atoms with Crippen molar-refractivity contribution in [1.29, 1.82) is 0 Å². The molecule has 0 radical (unpaired) electrons. The van der Waals surface area contributed by atoms with Crippen LogP contribution < -0.4 is 4.90 Å². The topological polar surface area (TPSA) is 61.6 Å². The van der Waals surface area contributed by atoms with Crippen molar-refractivity contribution < 1.29 is 26.2 Å². The molecule has 3 aromatic carbocycles. The second kappa shape index (κ2) is 11.0. The predicted octanol–water partition coefficient (Wildman–Crippen LogP) is 6.50. The molecule has 0 spiro atoms.